The van der Waals surface area contributed by atoms with Crippen LogP contribution in [-0.2, 0) is 14.3 Å². The number of carbonyl (C=O) groups excluding carboxylic acids is 1. The molecule has 3 N–H and O–H groups in total. The fourth-order valence-corrected chi connectivity index (χ4v) is 0.854. The number of ether oxygens (including phenoxy) is 2. The summed E-state index contributed by atoms with van der Waals surface area (Å²) in [6, 6.07) is -0.746. The number of rotatable bonds is 6. The summed E-state index contributed by atoms with van der Waals surface area (Å²) in [6.07, 6.45) is 0.221. The van der Waals surface area contributed by atoms with Gasteiger partial charge in [-0.2, -0.15) is 0 Å². The van der Waals surface area contributed by atoms with E-state index in [1.807, 2.05) is 20.8 Å². The second-order valence-electron chi connectivity index (χ2n) is 4.25. The molecule has 0 aliphatic heterocycles. The topological polar surface area (TPSA) is 81.8 Å². The maximum absolute atomic E-state index is 11.1. The summed E-state index contributed by atoms with van der Waals surface area (Å²) >= 11 is 0. The van der Waals surface area contributed by atoms with E-state index in [4.69, 9.17) is 20.3 Å². The molecule has 0 aromatic carbocycles. The Morgan fingerprint density at radius 2 is 2.00 bits per heavy atom. The monoisotopic (exact) mass is 219 g/mol. The second-order valence-corrected chi connectivity index (χ2v) is 4.25. The van der Waals surface area contributed by atoms with Crippen molar-refractivity contribution in [1.82, 2.24) is 0 Å². The predicted octanol–water partition coefficient (Wildman–Crippen LogP) is 0.0544. The van der Waals surface area contributed by atoms with Gasteiger partial charge in [0.2, 0.25) is 0 Å². The van der Waals surface area contributed by atoms with E-state index in [0.717, 1.165) is 0 Å². The van der Waals surface area contributed by atoms with E-state index in [9.17, 15) is 4.79 Å². The summed E-state index contributed by atoms with van der Waals surface area (Å²) in [4.78, 5) is 11.1. The third-order valence-corrected chi connectivity index (χ3v) is 1.61. The van der Waals surface area contributed by atoms with Crippen molar-refractivity contribution >= 4 is 5.97 Å². The van der Waals surface area contributed by atoms with Crippen molar-refractivity contribution in [2.75, 3.05) is 19.8 Å². The van der Waals surface area contributed by atoms with Crippen molar-refractivity contribution in [2.24, 2.45) is 5.73 Å². The van der Waals surface area contributed by atoms with E-state index in [2.05, 4.69) is 0 Å². The minimum Gasteiger partial charge on any atom is -0.462 e. The maximum atomic E-state index is 11.1. The Bertz CT molecular complexity index is 188. The van der Waals surface area contributed by atoms with Crippen LogP contribution in [0.15, 0.2) is 0 Å². The fourth-order valence-electron chi connectivity index (χ4n) is 0.854. The smallest absolute Gasteiger partial charge is 0.323 e. The second kappa shape index (κ2) is 6.76. The van der Waals surface area contributed by atoms with Gasteiger partial charge in [0.25, 0.3) is 0 Å². The van der Waals surface area contributed by atoms with Crippen molar-refractivity contribution in [1.29, 1.82) is 0 Å². The molecule has 0 saturated heterocycles. The molecule has 0 unspecified atom stereocenters. The first-order valence-corrected chi connectivity index (χ1v) is 5.04. The highest BCUT2D eigenvalue weighted by Crippen LogP contribution is 2.05. The number of aliphatic hydroxyl groups is 1. The number of hydrogen-bond donors (Lipinski definition) is 2. The number of carbonyl (C=O) groups is 1. The molecule has 0 aliphatic rings. The van der Waals surface area contributed by atoms with Gasteiger partial charge in [0.1, 0.15) is 12.6 Å². The molecule has 1 atom stereocenters. The van der Waals surface area contributed by atoms with Crippen LogP contribution >= 0.6 is 0 Å². The molecular weight excluding hydrogens is 198 g/mol. The summed E-state index contributed by atoms with van der Waals surface area (Å²) < 4.78 is 10.2. The average Bonchev–Trinajstić information content (AvgIpc) is 2.11. The molecule has 0 aromatic rings. The first-order chi connectivity index (χ1) is 6.87. The van der Waals surface area contributed by atoms with Gasteiger partial charge < -0.3 is 20.3 Å². The molecule has 0 saturated carbocycles. The lowest BCUT2D eigenvalue weighted by Crippen LogP contribution is -2.34. The average molecular weight is 219 g/mol. The standard InChI is InChI=1S/C10H21NO4/c1-10(2,3)15-7-6-14-9(13)8(11)4-5-12/h8,12H,4-7,11H2,1-3H3/t8-/m0/s1. The molecule has 0 rings (SSSR count). The van der Waals surface area contributed by atoms with Crippen LogP contribution in [0.2, 0.25) is 0 Å². The Morgan fingerprint density at radius 3 is 2.47 bits per heavy atom. The molecule has 0 bridgehead atoms. The molecule has 0 amide bonds. The SMILES string of the molecule is CC(C)(C)OCCOC(=O)[C@@H](N)CCO. The molecule has 5 heteroatoms. The first-order valence-electron chi connectivity index (χ1n) is 5.04. The van der Waals surface area contributed by atoms with Gasteiger partial charge in [0.05, 0.1) is 12.2 Å². The van der Waals surface area contributed by atoms with E-state index in [1.165, 1.54) is 0 Å². The van der Waals surface area contributed by atoms with Gasteiger partial charge in [0.15, 0.2) is 0 Å². The fraction of sp³-hybridized carbons (Fsp3) is 0.900. The molecule has 0 fully saturated rings. The molecule has 0 aliphatic carbocycles. The normalized spacial score (nSPS) is 13.7. The lowest BCUT2D eigenvalue weighted by molar-refractivity contribution is -0.148. The summed E-state index contributed by atoms with van der Waals surface area (Å²) in [6.45, 7) is 6.19. The third kappa shape index (κ3) is 8.35. The minimum absolute atomic E-state index is 0.116. The Labute approximate surface area is 90.5 Å². The van der Waals surface area contributed by atoms with Crippen LogP contribution in [0.1, 0.15) is 27.2 Å². The van der Waals surface area contributed by atoms with E-state index < -0.39 is 12.0 Å². The molecule has 5 nitrogen and oxygen atoms in total. The molecule has 15 heavy (non-hydrogen) atoms. The van der Waals surface area contributed by atoms with Crippen molar-refractivity contribution < 1.29 is 19.4 Å². The zero-order valence-electron chi connectivity index (χ0n) is 9.66. The number of nitrogens with two attached hydrogens (primary N) is 1. The number of esters is 1. The number of aliphatic hydroxyl groups excluding tert-OH is 1. The summed E-state index contributed by atoms with van der Waals surface area (Å²) in [5.41, 5.74) is 5.18. The van der Waals surface area contributed by atoms with Crippen molar-refractivity contribution in [3.05, 3.63) is 0 Å². The van der Waals surface area contributed by atoms with Crippen molar-refractivity contribution in [3.8, 4) is 0 Å². The molecule has 0 radical (unpaired) electrons. The minimum atomic E-state index is -0.746. The van der Waals surface area contributed by atoms with Crippen LogP contribution in [0.4, 0.5) is 0 Å². The lowest BCUT2D eigenvalue weighted by atomic mass is 10.2. The van der Waals surface area contributed by atoms with Crippen LogP contribution < -0.4 is 5.73 Å². The van der Waals surface area contributed by atoms with Gasteiger partial charge in [-0.3, -0.25) is 4.79 Å². The largest absolute Gasteiger partial charge is 0.462 e. The van der Waals surface area contributed by atoms with Gasteiger partial charge >= 0.3 is 5.97 Å². The third-order valence-electron chi connectivity index (χ3n) is 1.61. The van der Waals surface area contributed by atoms with Gasteiger partial charge in [-0.05, 0) is 27.2 Å². The van der Waals surface area contributed by atoms with Crippen molar-refractivity contribution in [3.63, 3.8) is 0 Å². The van der Waals surface area contributed by atoms with Gasteiger partial charge in [-0.15, -0.1) is 0 Å². The molecule has 0 aromatic heterocycles. The summed E-state index contributed by atoms with van der Waals surface area (Å²) in [7, 11) is 0. The van der Waals surface area contributed by atoms with E-state index >= 15 is 0 Å². The van der Waals surface area contributed by atoms with Crippen LogP contribution in [0.5, 0.6) is 0 Å². The van der Waals surface area contributed by atoms with Crippen LogP contribution in [0, 0.1) is 0 Å². The van der Waals surface area contributed by atoms with E-state index in [1.54, 1.807) is 0 Å². The zero-order valence-corrected chi connectivity index (χ0v) is 9.66. The van der Waals surface area contributed by atoms with Crippen LogP contribution in [0.3, 0.4) is 0 Å². The quantitative estimate of drug-likeness (QED) is 0.487. The Balaban J connectivity index is 3.55. The van der Waals surface area contributed by atoms with Crippen LogP contribution in [-0.4, -0.2) is 42.5 Å². The van der Waals surface area contributed by atoms with Crippen LogP contribution in [0.25, 0.3) is 0 Å². The van der Waals surface area contributed by atoms with E-state index in [-0.39, 0.29) is 25.2 Å². The predicted molar refractivity (Wildman–Crippen MR) is 56.3 cm³/mol. The Morgan fingerprint density at radius 1 is 1.40 bits per heavy atom. The Kier molecular flexibility index (Phi) is 6.47. The molecule has 90 valence electrons. The van der Waals surface area contributed by atoms with Gasteiger partial charge in [-0.1, -0.05) is 0 Å². The number of hydrogen-bond acceptors (Lipinski definition) is 5. The summed E-state index contributed by atoms with van der Waals surface area (Å²) in [5.74, 6) is -0.499. The molecule has 0 heterocycles. The Hall–Kier alpha value is -0.650. The summed E-state index contributed by atoms with van der Waals surface area (Å²) in [5, 5.41) is 8.55. The zero-order chi connectivity index (χ0) is 11.9. The highest BCUT2D eigenvalue weighted by Gasteiger charge is 2.15. The molecule has 0 spiro atoms. The highest BCUT2D eigenvalue weighted by atomic mass is 16.6. The van der Waals surface area contributed by atoms with Crippen molar-refractivity contribution in [2.45, 2.75) is 38.8 Å². The van der Waals surface area contributed by atoms with E-state index in [0.29, 0.717) is 6.61 Å². The highest BCUT2D eigenvalue weighted by molar-refractivity contribution is 5.75. The molecular formula is C10H21NO4. The van der Waals surface area contributed by atoms with Gasteiger partial charge in [0, 0.05) is 6.61 Å². The first kappa shape index (κ1) is 14.3. The lowest BCUT2D eigenvalue weighted by Gasteiger charge is -2.19. The van der Waals surface area contributed by atoms with Gasteiger partial charge in [-0.25, -0.2) is 0 Å². The maximum Gasteiger partial charge on any atom is 0.323 e.